The van der Waals surface area contributed by atoms with Gasteiger partial charge in [-0.3, -0.25) is 0 Å². The van der Waals surface area contributed by atoms with Gasteiger partial charge in [-0.15, -0.1) is 0 Å². The van der Waals surface area contributed by atoms with Crippen molar-refractivity contribution in [2.24, 2.45) is 5.41 Å². The second kappa shape index (κ2) is 5.11. The van der Waals surface area contributed by atoms with Crippen LogP contribution in [0, 0.1) is 5.41 Å². The van der Waals surface area contributed by atoms with E-state index in [1.54, 1.807) is 0 Å². The molecule has 0 saturated heterocycles. The Morgan fingerprint density at radius 3 is 2.45 bits per heavy atom. The summed E-state index contributed by atoms with van der Waals surface area (Å²) in [7, 11) is 0. The van der Waals surface area contributed by atoms with E-state index in [2.05, 4.69) is 32.9 Å². The molecule has 0 amide bonds. The van der Waals surface area contributed by atoms with Crippen molar-refractivity contribution in [1.82, 2.24) is 0 Å². The third kappa shape index (κ3) is 5.84. The molecule has 1 nitrogen and oxygen atoms in total. The molecule has 0 unspecified atom stereocenters. The second-order valence-electron chi connectivity index (χ2n) is 3.50. The maximum absolute atomic E-state index is 10.1. The third-order valence-corrected chi connectivity index (χ3v) is 1.71. The van der Waals surface area contributed by atoms with Crippen molar-refractivity contribution < 1.29 is 4.79 Å². The maximum Gasteiger partial charge on any atom is 0.120 e. The highest BCUT2D eigenvalue weighted by Crippen LogP contribution is 2.23. The van der Waals surface area contributed by atoms with Crippen LogP contribution in [0.1, 0.15) is 40.0 Å². The summed E-state index contributed by atoms with van der Waals surface area (Å²) >= 11 is 0. The average Bonchev–Trinajstić information content (AvgIpc) is 1.97. The zero-order chi connectivity index (χ0) is 8.74. The lowest BCUT2D eigenvalue weighted by Crippen LogP contribution is -2.06. The van der Waals surface area contributed by atoms with Gasteiger partial charge in [0.05, 0.1) is 0 Å². The first kappa shape index (κ1) is 10.4. The first-order valence-electron chi connectivity index (χ1n) is 4.23. The van der Waals surface area contributed by atoms with Gasteiger partial charge >= 0.3 is 0 Å². The fraction of sp³-hybridized carbons (Fsp3) is 0.700. The number of carbonyl (C=O) groups excluding carboxylic acids is 1. The SMILES string of the molecule is CCC=CC(C)(C)CCC=O. The summed E-state index contributed by atoms with van der Waals surface area (Å²) in [5.74, 6) is 0. The van der Waals surface area contributed by atoms with E-state index in [0.717, 1.165) is 19.1 Å². The molecule has 0 aromatic rings. The third-order valence-electron chi connectivity index (χ3n) is 1.71. The summed E-state index contributed by atoms with van der Waals surface area (Å²) in [6.07, 6.45) is 8.03. The number of aldehydes is 1. The van der Waals surface area contributed by atoms with E-state index in [9.17, 15) is 4.79 Å². The van der Waals surface area contributed by atoms with E-state index in [1.165, 1.54) is 0 Å². The quantitative estimate of drug-likeness (QED) is 0.439. The van der Waals surface area contributed by atoms with Crippen LogP contribution in [0.5, 0.6) is 0 Å². The predicted molar refractivity (Wildman–Crippen MR) is 48.5 cm³/mol. The molecule has 11 heavy (non-hydrogen) atoms. The maximum atomic E-state index is 10.1. The minimum Gasteiger partial charge on any atom is -0.303 e. The summed E-state index contributed by atoms with van der Waals surface area (Å²) in [6, 6.07) is 0. The van der Waals surface area contributed by atoms with Crippen LogP contribution in [-0.2, 0) is 4.79 Å². The highest BCUT2D eigenvalue weighted by molar-refractivity contribution is 5.49. The van der Waals surface area contributed by atoms with Crippen molar-refractivity contribution in [2.45, 2.75) is 40.0 Å². The minimum absolute atomic E-state index is 0.191. The lowest BCUT2D eigenvalue weighted by atomic mass is 9.87. The van der Waals surface area contributed by atoms with Gasteiger partial charge in [-0.05, 0) is 18.3 Å². The van der Waals surface area contributed by atoms with Crippen molar-refractivity contribution in [3.05, 3.63) is 12.2 Å². The molecule has 1 heteroatoms. The van der Waals surface area contributed by atoms with Gasteiger partial charge in [0, 0.05) is 6.42 Å². The fourth-order valence-electron chi connectivity index (χ4n) is 0.951. The standard InChI is InChI=1S/C10H18O/c1-4-5-7-10(2,3)8-6-9-11/h5,7,9H,4,6,8H2,1-3H3. The molecular formula is C10H18O. The molecule has 0 spiro atoms. The van der Waals surface area contributed by atoms with Crippen LogP contribution in [0.4, 0.5) is 0 Å². The predicted octanol–water partition coefficient (Wildman–Crippen LogP) is 2.96. The van der Waals surface area contributed by atoms with Gasteiger partial charge in [-0.1, -0.05) is 32.9 Å². The van der Waals surface area contributed by atoms with Gasteiger partial charge in [0.25, 0.3) is 0 Å². The van der Waals surface area contributed by atoms with Crippen molar-refractivity contribution in [3.8, 4) is 0 Å². The molecule has 0 radical (unpaired) electrons. The van der Waals surface area contributed by atoms with E-state index in [-0.39, 0.29) is 5.41 Å². The van der Waals surface area contributed by atoms with Gasteiger partial charge in [-0.25, -0.2) is 0 Å². The largest absolute Gasteiger partial charge is 0.303 e. The normalized spacial score (nSPS) is 12.3. The first-order valence-corrected chi connectivity index (χ1v) is 4.23. The number of carbonyl (C=O) groups is 1. The number of rotatable bonds is 5. The van der Waals surface area contributed by atoms with Crippen molar-refractivity contribution in [3.63, 3.8) is 0 Å². The van der Waals surface area contributed by atoms with Crippen LogP contribution in [0.25, 0.3) is 0 Å². The summed E-state index contributed by atoms with van der Waals surface area (Å²) in [5, 5.41) is 0. The molecule has 0 fully saturated rings. The van der Waals surface area contributed by atoms with Crippen LogP contribution in [0.2, 0.25) is 0 Å². The van der Waals surface area contributed by atoms with Crippen LogP contribution < -0.4 is 0 Å². The highest BCUT2D eigenvalue weighted by Gasteiger charge is 2.11. The number of hydrogen-bond acceptors (Lipinski definition) is 1. The smallest absolute Gasteiger partial charge is 0.120 e. The van der Waals surface area contributed by atoms with Crippen molar-refractivity contribution in [2.75, 3.05) is 0 Å². The molecule has 0 bridgehead atoms. The Labute approximate surface area is 69.5 Å². The van der Waals surface area contributed by atoms with Gasteiger partial charge in [0.15, 0.2) is 0 Å². The van der Waals surface area contributed by atoms with E-state index in [4.69, 9.17) is 0 Å². The lowest BCUT2D eigenvalue weighted by molar-refractivity contribution is -0.108. The highest BCUT2D eigenvalue weighted by atomic mass is 16.1. The van der Waals surface area contributed by atoms with Crippen LogP contribution >= 0.6 is 0 Å². The Morgan fingerprint density at radius 1 is 1.36 bits per heavy atom. The summed E-state index contributed by atoms with van der Waals surface area (Å²) in [4.78, 5) is 10.1. The Bertz CT molecular complexity index is 134. The molecule has 64 valence electrons. The zero-order valence-electron chi connectivity index (χ0n) is 7.76. The van der Waals surface area contributed by atoms with Gasteiger partial charge in [0.2, 0.25) is 0 Å². The average molecular weight is 154 g/mol. The monoisotopic (exact) mass is 154 g/mol. The Balaban J connectivity index is 3.78. The molecule has 0 atom stereocenters. The molecule has 0 aliphatic carbocycles. The molecule has 0 N–H and O–H groups in total. The van der Waals surface area contributed by atoms with Crippen LogP contribution in [0.3, 0.4) is 0 Å². The van der Waals surface area contributed by atoms with Crippen LogP contribution in [0.15, 0.2) is 12.2 Å². The van der Waals surface area contributed by atoms with Crippen molar-refractivity contribution in [1.29, 1.82) is 0 Å². The molecule has 0 aliphatic rings. The van der Waals surface area contributed by atoms with E-state index in [1.807, 2.05) is 0 Å². The summed E-state index contributed by atoms with van der Waals surface area (Å²) in [5.41, 5.74) is 0.191. The lowest BCUT2D eigenvalue weighted by Gasteiger charge is -2.18. The van der Waals surface area contributed by atoms with E-state index in [0.29, 0.717) is 6.42 Å². The number of hydrogen-bond donors (Lipinski definition) is 0. The Hall–Kier alpha value is -0.590. The minimum atomic E-state index is 0.191. The first-order chi connectivity index (χ1) is 5.12. The van der Waals surface area contributed by atoms with Crippen LogP contribution in [-0.4, -0.2) is 6.29 Å². The molecule has 0 aromatic heterocycles. The molecule has 0 saturated carbocycles. The van der Waals surface area contributed by atoms with Gasteiger partial charge in [0.1, 0.15) is 6.29 Å². The van der Waals surface area contributed by atoms with Gasteiger partial charge in [-0.2, -0.15) is 0 Å². The molecule has 0 rings (SSSR count). The fourth-order valence-corrected chi connectivity index (χ4v) is 0.951. The summed E-state index contributed by atoms with van der Waals surface area (Å²) in [6.45, 7) is 6.43. The molecule has 0 aromatic carbocycles. The number of allylic oxidation sites excluding steroid dienone is 2. The Morgan fingerprint density at radius 2 is 2.00 bits per heavy atom. The van der Waals surface area contributed by atoms with Crippen molar-refractivity contribution >= 4 is 6.29 Å². The second-order valence-corrected chi connectivity index (χ2v) is 3.50. The topological polar surface area (TPSA) is 17.1 Å². The molecule has 0 aliphatic heterocycles. The summed E-state index contributed by atoms with van der Waals surface area (Å²) < 4.78 is 0. The van der Waals surface area contributed by atoms with Gasteiger partial charge < -0.3 is 4.79 Å². The molecular weight excluding hydrogens is 136 g/mol. The van der Waals surface area contributed by atoms with E-state index < -0.39 is 0 Å². The Kier molecular flexibility index (Phi) is 4.84. The van der Waals surface area contributed by atoms with E-state index >= 15 is 0 Å². The molecule has 0 heterocycles. The zero-order valence-corrected chi connectivity index (χ0v) is 7.76.